The number of hydrogen-bond donors (Lipinski definition) is 0. The molecule has 3 heteroatoms. The van der Waals surface area contributed by atoms with E-state index in [1.165, 1.54) is 0 Å². The monoisotopic (exact) mass is 271 g/mol. The van der Waals surface area contributed by atoms with E-state index in [-0.39, 0.29) is 11.2 Å². The first-order valence-corrected chi connectivity index (χ1v) is 6.74. The molecule has 0 fully saturated rings. The highest BCUT2D eigenvalue weighted by atomic mass is 16.5. The summed E-state index contributed by atoms with van der Waals surface area (Å²) in [6.07, 6.45) is 0. The molecule has 0 aliphatic heterocycles. The highest BCUT2D eigenvalue weighted by Gasteiger charge is 2.13. The Labute approximate surface area is 119 Å². The summed E-state index contributed by atoms with van der Waals surface area (Å²) in [5, 5.41) is 0. The van der Waals surface area contributed by atoms with Crippen LogP contribution in [-0.4, -0.2) is 10.2 Å². The minimum Gasteiger partial charge on any atom is -0.488 e. The van der Waals surface area contributed by atoms with Crippen molar-refractivity contribution in [3.63, 3.8) is 0 Å². The molecule has 0 atom stereocenters. The minimum atomic E-state index is -0.215. The van der Waals surface area contributed by atoms with Crippen molar-refractivity contribution in [1.82, 2.24) is 4.57 Å². The van der Waals surface area contributed by atoms with Crippen molar-refractivity contribution in [3.8, 4) is 17.0 Å². The lowest BCUT2D eigenvalue weighted by Crippen LogP contribution is -2.23. The average molecular weight is 271 g/mol. The number of rotatable bonds is 2. The van der Waals surface area contributed by atoms with Gasteiger partial charge in [0.1, 0.15) is 11.4 Å². The fourth-order valence-electron chi connectivity index (χ4n) is 2.17. The molecule has 0 N–H and O–H groups in total. The summed E-state index contributed by atoms with van der Waals surface area (Å²) in [6.45, 7) is 8.10. The molecule has 2 rings (SSSR count). The average Bonchev–Trinajstić information content (AvgIpc) is 2.31. The zero-order valence-electron chi connectivity index (χ0n) is 12.7. The number of pyridine rings is 1. The summed E-state index contributed by atoms with van der Waals surface area (Å²) in [6, 6.07) is 11.3. The number of ether oxygens (including phenoxy) is 1. The van der Waals surface area contributed by atoms with Crippen LogP contribution in [0.4, 0.5) is 0 Å². The summed E-state index contributed by atoms with van der Waals surface area (Å²) < 4.78 is 7.52. The Bertz CT molecular complexity index is 678. The SMILES string of the molecule is Cc1cc(OC(C)(C)C)ccc1-c1cccc(=O)n1C. The molecule has 1 aromatic carbocycles. The first-order chi connectivity index (χ1) is 9.28. The van der Waals surface area contributed by atoms with Gasteiger partial charge in [-0.15, -0.1) is 0 Å². The lowest BCUT2D eigenvalue weighted by Gasteiger charge is -2.22. The van der Waals surface area contributed by atoms with Gasteiger partial charge in [0.2, 0.25) is 0 Å². The van der Waals surface area contributed by atoms with Crippen molar-refractivity contribution in [1.29, 1.82) is 0 Å². The molecule has 0 spiro atoms. The van der Waals surface area contributed by atoms with Gasteiger partial charge < -0.3 is 9.30 Å². The molecule has 0 aliphatic rings. The van der Waals surface area contributed by atoms with Crippen LogP contribution < -0.4 is 10.3 Å². The lowest BCUT2D eigenvalue weighted by atomic mass is 10.0. The van der Waals surface area contributed by atoms with E-state index in [9.17, 15) is 4.79 Å². The predicted octanol–water partition coefficient (Wildman–Crippen LogP) is 3.54. The highest BCUT2D eigenvalue weighted by Crippen LogP contribution is 2.27. The molecule has 0 aliphatic carbocycles. The van der Waals surface area contributed by atoms with E-state index < -0.39 is 0 Å². The summed E-state index contributed by atoms with van der Waals surface area (Å²) in [7, 11) is 1.79. The van der Waals surface area contributed by atoms with Crippen molar-refractivity contribution in [2.24, 2.45) is 7.05 Å². The fraction of sp³-hybridized carbons (Fsp3) is 0.353. The Morgan fingerprint density at radius 1 is 1.10 bits per heavy atom. The number of aromatic nitrogens is 1. The second kappa shape index (κ2) is 5.16. The van der Waals surface area contributed by atoms with Gasteiger partial charge in [-0.25, -0.2) is 0 Å². The first-order valence-electron chi connectivity index (χ1n) is 6.74. The zero-order chi connectivity index (χ0) is 14.9. The van der Waals surface area contributed by atoms with Crippen LogP contribution in [0.15, 0.2) is 41.2 Å². The Morgan fingerprint density at radius 3 is 2.40 bits per heavy atom. The molecule has 3 nitrogen and oxygen atoms in total. The van der Waals surface area contributed by atoms with Crippen molar-refractivity contribution in [3.05, 3.63) is 52.3 Å². The molecule has 106 valence electrons. The van der Waals surface area contributed by atoms with Crippen LogP contribution in [0.1, 0.15) is 26.3 Å². The molecule has 0 radical (unpaired) electrons. The van der Waals surface area contributed by atoms with Crippen LogP contribution in [0.25, 0.3) is 11.3 Å². The second-order valence-corrected chi connectivity index (χ2v) is 6.00. The molecule has 0 amide bonds. The summed E-state index contributed by atoms with van der Waals surface area (Å²) in [5.74, 6) is 0.847. The van der Waals surface area contributed by atoms with E-state index in [0.29, 0.717) is 0 Å². The van der Waals surface area contributed by atoms with Gasteiger partial charge in [0.05, 0.1) is 5.69 Å². The van der Waals surface area contributed by atoms with E-state index in [0.717, 1.165) is 22.6 Å². The first kappa shape index (κ1) is 14.4. The van der Waals surface area contributed by atoms with Gasteiger partial charge in [-0.05, 0) is 57.5 Å². The normalized spacial score (nSPS) is 11.4. The quantitative estimate of drug-likeness (QED) is 0.836. The van der Waals surface area contributed by atoms with Gasteiger partial charge in [-0.3, -0.25) is 4.79 Å². The topological polar surface area (TPSA) is 31.2 Å². The Morgan fingerprint density at radius 2 is 1.80 bits per heavy atom. The molecule has 0 saturated heterocycles. The summed E-state index contributed by atoms with van der Waals surface area (Å²) >= 11 is 0. The van der Waals surface area contributed by atoms with E-state index in [4.69, 9.17) is 4.74 Å². The van der Waals surface area contributed by atoms with Crippen molar-refractivity contribution < 1.29 is 4.74 Å². The predicted molar refractivity (Wildman–Crippen MR) is 82.2 cm³/mol. The number of benzene rings is 1. The van der Waals surface area contributed by atoms with Crippen LogP contribution >= 0.6 is 0 Å². The van der Waals surface area contributed by atoms with Crippen molar-refractivity contribution in [2.45, 2.75) is 33.3 Å². The highest BCUT2D eigenvalue weighted by molar-refractivity contribution is 5.65. The molecule has 20 heavy (non-hydrogen) atoms. The maximum absolute atomic E-state index is 11.7. The van der Waals surface area contributed by atoms with Crippen LogP contribution in [0.2, 0.25) is 0 Å². The third kappa shape index (κ3) is 3.10. The third-order valence-corrected chi connectivity index (χ3v) is 3.08. The Kier molecular flexibility index (Phi) is 3.71. The van der Waals surface area contributed by atoms with Gasteiger partial charge in [0, 0.05) is 18.7 Å². The lowest BCUT2D eigenvalue weighted by molar-refractivity contribution is 0.131. The van der Waals surface area contributed by atoms with Gasteiger partial charge in [0.15, 0.2) is 0 Å². The smallest absolute Gasteiger partial charge is 0.250 e. The standard InChI is InChI=1S/C17H21NO2/c1-12-11-13(20-17(2,3)4)9-10-14(12)15-7-6-8-16(19)18(15)5/h6-11H,1-5H3. The van der Waals surface area contributed by atoms with E-state index >= 15 is 0 Å². The fourth-order valence-corrected chi connectivity index (χ4v) is 2.17. The zero-order valence-corrected chi connectivity index (χ0v) is 12.7. The minimum absolute atomic E-state index is 0.00285. The number of nitrogens with zero attached hydrogens (tertiary/aromatic N) is 1. The molecule has 1 heterocycles. The molecule has 1 aromatic heterocycles. The molecule has 2 aromatic rings. The summed E-state index contributed by atoms with van der Waals surface area (Å²) in [5.41, 5.74) is 2.83. The molecular weight excluding hydrogens is 250 g/mol. The van der Waals surface area contributed by atoms with Crippen LogP contribution in [0.3, 0.4) is 0 Å². The Balaban J connectivity index is 2.45. The van der Waals surface area contributed by atoms with Crippen LogP contribution in [0, 0.1) is 6.92 Å². The van der Waals surface area contributed by atoms with E-state index in [1.54, 1.807) is 23.7 Å². The third-order valence-electron chi connectivity index (χ3n) is 3.08. The number of aryl methyl sites for hydroxylation is 1. The number of hydrogen-bond acceptors (Lipinski definition) is 2. The largest absolute Gasteiger partial charge is 0.488 e. The Hall–Kier alpha value is -2.03. The van der Waals surface area contributed by atoms with Gasteiger partial charge >= 0.3 is 0 Å². The molecule has 0 bridgehead atoms. The summed E-state index contributed by atoms with van der Waals surface area (Å²) in [4.78, 5) is 11.7. The maximum Gasteiger partial charge on any atom is 0.250 e. The molecular formula is C17H21NO2. The molecule has 0 unspecified atom stereocenters. The van der Waals surface area contributed by atoms with Crippen LogP contribution in [-0.2, 0) is 7.05 Å². The van der Waals surface area contributed by atoms with Gasteiger partial charge in [-0.2, -0.15) is 0 Å². The maximum atomic E-state index is 11.7. The van der Waals surface area contributed by atoms with E-state index in [2.05, 4.69) is 0 Å². The van der Waals surface area contributed by atoms with Crippen molar-refractivity contribution in [2.75, 3.05) is 0 Å². The van der Waals surface area contributed by atoms with Crippen LogP contribution in [0.5, 0.6) is 5.75 Å². The van der Waals surface area contributed by atoms with Gasteiger partial charge in [0.25, 0.3) is 5.56 Å². The van der Waals surface area contributed by atoms with E-state index in [1.807, 2.05) is 52.0 Å². The van der Waals surface area contributed by atoms with Gasteiger partial charge in [-0.1, -0.05) is 6.07 Å². The van der Waals surface area contributed by atoms with Crippen molar-refractivity contribution >= 4 is 0 Å². The second-order valence-electron chi connectivity index (χ2n) is 6.00. The molecule has 0 saturated carbocycles.